The van der Waals surface area contributed by atoms with Gasteiger partial charge in [0.05, 0.1) is 13.2 Å². The summed E-state index contributed by atoms with van der Waals surface area (Å²) in [5, 5.41) is 13.5. The third kappa shape index (κ3) is 3.59. The van der Waals surface area contributed by atoms with Gasteiger partial charge in [0.2, 0.25) is 0 Å². The summed E-state index contributed by atoms with van der Waals surface area (Å²) in [7, 11) is 1.67. The predicted molar refractivity (Wildman–Crippen MR) is 80.8 cm³/mol. The molecule has 2 aromatic rings. The smallest absolute Gasteiger partial charge is 0.123 e. The van der Waals surface area contributed by atoms with E-state index in [1.54, 1.807) is 7.11 Å². The molecule has 0 radical (unpaired) electrons. The zero-order chi connectivity index (χ0) is 14.4. The van der Waals surface area contributed by atoms with Crippen LogP contribution in [0, 0.1) is 0 Å². The Bertz CT molecular complexity index is 528. The Balaban J connectivity index is 1.97. The second kappa shape index (κ2) is 7.08. The van der Waals surface area contributed by atoms with E-state index in [0.717, 1.165) is 16.9 Å². The highest BCUT2D eigenvalue weighted by molar-refractivity contribution is 5.35. The van der Waals surface area contributed by atoms with Crippen LogP contribution < -0.4 is 10.1 Å². The Morgan fingerprint density at radius 1 is 1.05 bits per heavy atom. The van der Waals surface area contributed by atoms with Crippen molar-refractivity contribution in [2.45, 2.75) is 19.1 Å². The lowest BCUT2D eigenvalue weighted by Crippen LogP contribution is -2.25. The molecule has 0 unspecified atom stereocenters. The summed E-state index contributed by atoms with van der Waals surface area (Å²) in [6.45, 7) is 2.57. The summed E-state index contributed by atoms with van der Waals surface area (Å²) in [6.07, 6.45) is -0.506. The Hall–Kier alpha value is -1.84. The van der Waals surface area contributed by atoms with E-state index < -0.39 is 6.10 Å². The second-order valence-corrected chi connectivity index (χ2v) is 4.80. The maximum absolute atomic E-state index is 10.1. The number of methoxy groups -OCH3 is 1. The molecule has 0 fully saturated rings. The lowest BCUT2D eigenvalue weighted by atomic mass is 10.1. The molecule has 2 atom stereocenters. The van der Waals surface area contributed by atoms with Crippen LogP contribution in [0.4, 0.5) is 0 Å². The molecule has 0 amide bonds. The van der Waals surface area contributed by atoms with Crippen LogP contribution in [0.2, 0.25) is 0 Å². The number of rotatable bonds is 6. The van der Waals surface area contributed by atoms with Crippen LogP contribution in [0.5, 0.6) is 5.75 Å². The molecule has 0 heterocycles. The summed E-state index contributed by atoms with van der Waals surface area (Å²) < 4.78 is 5.36. The molecular weight excluding hydrogens is 250 g/mol. The summed E-state index contributed by atoms with van der Waals surface area (Å²) >= 11 is 0. The molecule has 2 rings (SSSR count). The fourth-order valence-electron chi connectivity index (χ4n) is 2.22. The Kier molecular flexibility index (Phi) is 5.16. The fourth-order valence-corrected chi connectivity index (χ4v) is 2.22. The first kappa shape index (κ1) is 14.6. The molecule has 2 N–H and O–H groups in total. The van der Waals surface area contributed by atoms with Crippen molar-refractivity contribution in [2.75, 3.05) is 13.7 Å². The number of aliphatic hydroxyl groups excluding tert-OH is 1. The maximum Gasteiger partial charge on any atom is 0.123 e. The number of nitrogens with one attached hydrogen (secondary N) is 1. The van der Waals surface area contributed by atoms with Gasteiger partial charge in [0.1, 0.15) is 5.75 Å². The van der Waals surface area contributed by atoms with Crippen molar-refractivity contribution < 1.29 is 9.84 Å². The monoisotopic (exact) mass is 271 g/mol. The molecule has 0 aliphatic carbocycles. The van der Waals surface area contributed by atoms with Crippen molar-refractivity contribution in [3.8, 4) is 5.75 Å². The lowest BCUT2D eigenvalue weighted by molar-refractivity contribution is 0.170. The van der Waals surface area contributed by atoms with Crippen molar-refractivity contribution in [2.24, 2.45) is 0 Å². The van der Waals surface area contributed by atoms with Crippen molar-refractivity contribution in [1.82, 2.24) is 5.32 Å². The normalized spacial score (nSPS) is 13.8. The van der Waals surface area contributed by atoms with Gasteiger partial charge in [-0.3, -0.25) is 0 Å². The van der Waals surface area contributed by atoms with Gasteiger partial charge in [0, 0.05) is 18.2 Å². The average Bonchev–Trinajstić information content (AvgIpc) is 2.53. The summed E-state index contributed by atoms with van der Waals surface area (Å²) in [4.78, 5) is 0. The summed E-state index contributed by atoms with van der Waals surface area (Å²) in [5.74, 6) is 0.863. The minimum absolute atomic E-state index is 0.115. The molecule has 3 heteroatoms. The van der Waals surface area contributed by atoms with E-state index in [9.17, 15) is 5.11 Å². The van der Waals surface area contributed by atoms with E-state index >= 15 is 0 Å². The molecule has 0 aliphatic heterocycles. The first-order valence-electron chi connectivity index (χ1n) is 6.81. The topological polar surface area (TPSA) is 41.5 Å². The zero-order valence-corrected chi connectivity index (χ0v) is 11.9. The van der Waals surface area contributed by atoms with E-state index in [1.807, 2.05) is 54.6 Å². The number of ether oxygens (including phenoxy) is 1. The van der Waals surface area contributed by atoms with Crippen LogP contribution in [0.25, 0.3) is 0 Å². The van der Waals surface area contributed by atoms with Gasteiger partial charge in [-0.15, -0.1) is 0 Å². The van der Waals surface area contributed by atoms with Crippen LogP contribution in [0.15, 0.2) is 54.6 Å². The Morgan fingerprint density at radius 3 is 2.40 bits per heavy atom. The number of hydrogen-bond donors (Lipinski definition) is 2. The maximum atomic E-state index is 10.1. The minimum Gasteiger partial charge on any atom is -0.496 e. The molecule has 3 nitrogen and oxygen atoms in total. The van der Waals surface area contributed by atoms with Gasteiger partial charge in [0.15, 0.2) is 0 Å². The highest BCUT2D eigenvalue weighted by atomic mass is 16.5. The van der Waals surface area contributed by atoms with E-state index in [1.165, 1.54) is 0 Å². The first-order valence-corrected chi connectivity index (χ1v) is 6.81. The van der Waals surface area contributed by atoms with Crippen LogP contribution >= 0.6 is 0 Å². The van der Waals surface area contributed by atoms with Crippen LogP contribution in [0.3, 0.4) is 0 Å². The van der Waals surface area contributed by atoms with Gasteiger partial charge >= 0.3 is 0 Å². The van der Waals surface area contributed by atoms with Gasteiger partial charge < -0.3 is 15.2 Å². The molecule has 0 spiro atoms. The molecule has 0 aliphatic rings. The van der Waals surface area contributed by atoms with E-state index in [2.05, 4.69) is 12.2 Å². The lowest BCUT2D eigenvalue weighted by Gasteiger charge is -2.19. The SMILES string of the molecule is COc1ccccc1[C@@H](C)NC[C@H](O)c1ccccc1. The van der Waals surface area contributed by atoms with Crippen molar-refractivity contribution >= 4 is 0 Å². The highest BCUT2D eigenvalue weighted by Crippen LogP contribution is 2.24. The van der Waals surface area contributed by atoms with E-state index in [0.29, 0.717) is 6.54 Å². The average molecular weight is 271 g/mol. The zero-order valence-electron chi connectivity index (χ0n) is 11.9. The van der Waals surface area contributed by atoms with Gasteiger partial charge in [-0.25, -0.2) is 0 Å². The minimum atomic E-state index is -0.506. The molecule has 106 valence electrons. The van der Waals surface area contributed by atoms with Crippen molar-refractivity contribution in [1.29, 1.82) is 0 Å². The highest BCUT2D eigenvalue weighted by Gasteiger charge is 2.13. The van der Waals surface area contributed by atoms with Gasteiger partial charge in [-0.2, -0.15) is 0 Å². The van der Waals surface area contributed by atoms with E-state index in [-0.39, 0.29) is 6.04 Å². The molecular formula is C17H21NO2. The molecule has 0 saturated heterocycles. The van der Waals surface area contributed by atoms with Gasteiger partial charge in [-0.05, 0) is 18.6 Å². The van der Waals surface area contributed by atoms with Crippen molar-refractivity contribution in [3.63, 3.8) is 0 Å². The Labute approximate surface area is 120 Å². The third-order valence-electron chi connectivity index (χ3n) is 3.41. The second-order valence-electron chi connectivity index (χ2n) is 4.80. The molecule has 0 aromatic heterocycles. The number of hydrogen-bond acceptors (Lipinski definition) is 3. The summed E-state index contributed by atoms with van der Waals surface area (Å²) in [6, 6.07) is 17.7. The van der Waals surface area contributed by atoms with Crippen LogP contribution in [0.1, 0.15) is 30.2 Å². The molecule has 20 heavy (non-hydrogen) atoms. The van der Waals surface area contributed by atoms with Gasteiger partial charge in [-0.1, -0.05) is 48.5 Å². The number of benzene rings is 2. The third-order valence-corrected chi connectivity index (χ3v) is 3.41. The largest absolute Gasteiger partial charge is 0.496 e. The number of para-hydroxylation sites is 1. The van der Waals surface area contributed by atoms with E-state index in [4.69, 9.17) is 4.74 Å². The molecule has 0 bridgehead atoms. The van der Waals surface area contributed by atoms with Crippen LogP contribution in [-0.4, -0.2) is 18.8 Å². The Morgan fingerprint density at radius 2 is 1.70 bits per heavy atom. The molecule has 0 saturated carbocycles. The van der Waals surface area contributed by atoms with Gasteiger partial charge in [0.25, 0.3) is 0 Å². The first-order chi connectivity index (χ1) is 9.72. The van der Waals surface area contributed by atoms with Crippen LogP contribution in [-0.2, 0) is 0 Å². The predicted octanol–water partition coefficient (Wildman–Crippen LogP) is 3.08. The summed E-state index contributed by atoms with van der Waals surface area (Å²) in [5.41, 5.74) is 2.02. The fraction of sp³-hybridized carbons (Fsp3) is 0.294. The van der Waals surface area contributed by atoms with Crippen molar-refractivity contribution in [3.05, 3.63) is 65.7 Å². The number of aliphatic hydroxyl groups is 1. The standard InChI is InChI=1S/C17H21NO2/c1-13(15-10-6-7-11-17(15)20-2)18-12-16(19)14-8-4-3-5-9-14/h3-11,13,16,18-19H,12H2,1-2H3/t13-,16+/m1/s1. The quantitative estimate of drug-likeness (QED) is 0.848. The molecule has 2 aromatic carbocycles.